The lowest BCUT2D eigenvalue weighted by Gasteiger charge is -2.15. The maximum Gasteiger partial charge on any atom is 0.578 e. The van der Waals surface area contributed by atoms with Gasteiger partial charge in [0.15, 0.2) is 10.9 Å². The van der Waals surface area contributed by atoms with E-state index in [1.165, 1.54) is 6.07 Å². The Hall–Kier alpha value is -5.19. The standard InChI is InChI=1S/C15H11BrClF3N2O.C12H4Cl2F6N4OS.C9H10ClN5O2/c1-2-23-8-22-13(9-3-5-10(17)6-4-9)11(7-21)12(16)14(22)15(18,19)20;13-5-1-4(11(15,16)17)2-6(14)8(5)24-10(22)9(7(3-21)23-24)26(25)12(18,19)20;10-8-2-1-7(5-12-8)6-14-4-3-11-9(14)13-15(16)17/h3-6H,2,8H2,1H3;1-2H,22H2;1-2,5H,3-4,6H2,(H,11,13). The Morgan fingerprint density at radius 1 is 1.00 bits per heavy atom. The van der Waals surface area contributed by atoms with Crippen LogP contribution in [0.15, 0.2) is 69.2 Å². The molecule has 1 aliphatic heterocycles. The number of nitrogens with two attached hydrogens (primary N) is 1. The average Bonchev–Trinajstić information content (AvgIpc) is 3.89. The second-order valence-corrected chi connectivity index (χ2v) is 16.5. The van der Waals surface area contributed by atoms with Gasteiger partial charge in [-0.25, -0.2) is 19.8 Å². The number of pyridine rings is 1. The summed E-state index contributed by atoms with van der Waals surface area (Å²) < 4.78 is 134. The van der Waals surface area contributed by atoms with Crippen molar-refractivity contribution in [3.63, 3.8) is 0 Å². The number of nitriles is 2. The van der Waals surface area contributed by atoms with Crippen LogP contribution in [0.5, 0.6) is 0 Å². The Morgan fingerprint density at radius 3 is 2.11 bits per heavy atom. The van der Waals surface area contributed by atoms with E-state index in [4.69, 9.17) is 62.1 Å². The van der Waals surface area contributed by atoms with Crippen LogP contribution < -0.4 is 11.1 Å². The molecule has 5 aromatic rings. The molecule has 4 heterocycles. The van der Waals surface area contributed by atoms with E-state index >= 15 is 0 Å². The summed E-state index contributed by atoms with van der Waals surface area (Å²) in [5, 5.41) is 37.0. The number of rotatable bonds is 9. The molecule has 15 nitrogen and oxygen atoms in total. The molecule has 6 rings (SSSR count). The lowest BCUT2D eigenvalue weighted by atomic mass is 10.1. The maximum atomic E-state index is 13.4. The number of nitrogens with zero attached hydrogens (tertiary/aromatic N) is 9. The SMILES string of the molecule is CCOCn1c(-c2ccc(Cl)cc2)c(C#N)c(Br)c1C(F)(F)F.N#Cc1nn(-c2c(Cl)cc(C(F)(F)F)cc2Cl)c(N)c1[S+]([O-])C(F)(F)F.O=[N+]([O-])/N=C1\NCCN1Cc1ccc(Cl)nc1. The van der Waals surface area contributed by atoms with Gasteiger partial charge >= 0.3 is 17.9 Å². The number of nitro groups is 1. The number of halogens is 14. The van der Waals surface area contributed by atoms with Crippen LogP contribution in [0.2, 0.25) is 20.2 Å². The van der Waals surface area contributed by atoms with Gasteiger partial charge in [0.2, 0.25) is 10.6 Å². The lowest BCUT2D eigenvalue weighted by molar-refractivity contribution is -0.485. The van der Waals surface area contributed by atoms with Crippen LogP contribution in [-0.2, 0) is 41.5 Å². The molecule has 1 saturated heterocycles. The van der Waals surface area contributed by atoms with E-state index in [0.29, 0.717) is 52.2 Å². The molecule has 3 aromatic heterocycles. The van der Waals surface area contributed by atoms with Gasteiger partial charge in [0.05, 0.1) is 31.3 Å². The van der Waals surface area contributed by atoms with Crippen molar-refractivity contribution in [3.05, 3.63) is 118 Å². The van der Waals surface area contributed by atoms with Crippen LogP contribution in [0.3, 0.4) is 0 Å². The van der Waals surface area contributed by atoms with E-state index in [2.05, 4.69) is 36.4 Å². The maximum absolute atomic E-state index is 13.4. The molecule has 1 unspecified atom stereocenters. The first-order valence-corrected chi connectivity index (χ1v) is 21.1. The summed E-state index contributed by atoms with van der Waals surface area (Å²) >= 11 is 22.2. The quantitative estimate of drug-likeness (QED) is 0.0466. The Morgan fingerprint density at radius 2 is 1.62 bits per heavy atom. The Labute approximate surface area is 397 Å². The molecular formula is C36H25BrCl4F9N11O4S. The smallest absolute Gasteiger partial charge is 0.578 e. The molecule has 1 fully saturated rings. The zero-order valence-electron chi connectivity index (χ0n) is 32.7. The fraction of sp³-hybridized carbons (Fsp3) is 0.250. The van der Waals surface area contributed by atoms with Crippen molar-refractivity contribution in [2.45, 2.75) is 43.0 Å². The van der Waals surface area contributed by atoms with E-state index in [1.54, 1.807) is 48.4 Å². The predicted octanol–water partition coefficient (Wildman–Crippen LogP) is 10.4. The van der Waals surface area contributed by atoms with Gasteiger partial charge in [-0.3, -0.25) is 0 Å². The van der Waals surface area contributed by atoms with Gasteiger partial charge in [-0.2, -0.15) is 36.9 Å². The summed E-state index contributed by atoms with van der Waals surface area (Å²) in [5.41, 5.74) is -1.96. The highest BCUT2D eigenvalue weighted by atomic mass is 79.9. The minimum Gasteiger partial charge on any atom is -0.604 e. The highest BCUT2D eigenvalue weighted by molar-refractivity contribution is 9.10. The Balaban J connectivity index is 0.000000221. The molecule has 3 N–H and O–H groups in total. The molecule has 1 atom stereocenters. The Kier molecular flexibility index (Phi) is 17.9. The highest BCUT2D eigenvalue weighted by Gasteiger charge is 2.50. The van der Waals surface area contributed by atoms with Crippen LogP contribution in [-0.4, -0.2) is 65.0 Å². The monoisotopic (exact) mass is 1100 g/mol. The van der Waals surface area contributed by atoms with Gasteiger partial charge in [0, 0.05) is 37.5 Å². The summed E-state index contributed by atoms with van der Waals surface area (Å²) in [6.45, 7) is 3.45. The summed E-state index contributed by atoms with van der Waals surface area (Å²) in [4.78, 5) is 14.9. The first-order chi connectivity index (χ1) is 30.7. The minimum atomic E-state index is -5.25. The van der Waals surface area contributed by atoms with Gasteiger partial charge in [0.25, 0.3) is 5.96 Å². The van der Waals surface area contributed by atoms with Gasteiger partial charge in [-0.1, -0.05) is 64.6 Å². The molecule has 0 bridgehead atoms. The van der Waals surface area contributed by atoms with Gasteiger partial charge < -0.3 is 29.8 Å². The second kappa shape index (κ2) is 22.1. The van der Waals surface area contributed by atoms with E-state index < -0.39 is 77.5 Å². The predicted molar refractivity (Wildman–Crippen MR) is 226 cm³/mol. The number of hydrogen-bond acceptors (Lipinski definition) is 9. The van der Waals surface area contributed by atoms with Crippen LogP contribution >= 0.6 is 62.3 Å². The molecule has 30 heteroatoms. The number of hydrazone groups is 1. The number of alkyl halides is 9. The topological polar surface area (TPSA) is 212 Å². The molecule has 66 heavy (non-hydrogen) atoms. The number of benzene rings is 2. The third-order valence-corrected chi connectivity index (χ3v) is 11.4. The molecule has 1 aliphatic rings. The lowest BCUT2D eigenvalue weighted by Crippen LogP contribution is -2.30. The number of ether oxygens (including phenoxy) is 1. The van der Waals surface area contributed by atoms with E-state index in [0.717, 1.165) is 10.1 Å². The normalized spacial score (nSPS) is 13.8. The van der Waals surface area contributed by atoms with Crippen molar-refractivity contribution in [3.8, 4) is 29.1 Å². The number of nitrogens with one attached hydrogen (secondary N) is 1. The minimum absolute atomic E-state index is 0.0978. The molecule has 0 aliphatic carbocycles. The van der Waals surface area contributed by atoms with Crippen molar-refractivity contribution in [2.24, 2.45) is 5.10 Å². The van der Waals surface area contributed by atoms with E-state index in [9.17, 15) is 59.4 Å². The molecule has 2 aromatic carbocycles. The van der Waals surface area contributed by atoms with Gasteiger partial charge in [-0.05, 0) is 64.3 Å². The van der Waals surface area contributed by atoms with Crippen LogP contribution in [0.25, 0.3) is 16.9 Å². The van der Waals surface area contributed by atoms with Crippen molar-refractivity contribution in [1.82, 2.24) is 29.5 Å². The second-order valence-electron chi connectivity index (χ2n) is 12.6. The summed E-state index contributed by atoms with van der Waals surface area (Å²) in [6, 6.07) is 13.8. The zero-order valence-corrected chi connectivity index (χ0v) is 38.1. The molecular weight excluding hydrogens is 1080 g/mol. The van der Waals surface area contributed by atoms with Gasteiger partial charge in [0.1, 0.15) is 51.7 Å². The zero-order chi connectivity index (χ0) is 49.5. The van der Waals surface area contributed by atoms with Crippen molar-refractivity contribution >= 4 is 85.3 Å². The van der Waals surface area contributed by atoms with Crippen LogP contribution in [0, 0.1) is 32.8 Å². The molecule has 0 amide bonds. The number of aromatic nitrogens is 4. The third-order valence-electron chi connectivity index (χ3n) is 8.36. The van der Waals surface area contributed by atoms with Crippen LogP contribution in [0.1, 0.15) is 35.0 Å². The third kappa shape index (κ3) is 13.0. The van der Waals surface area contributed by atoms with Gasteiger partial charge in [-0.15, -0.1) is 18.3 Å². The van der Waals surface area contributed by atoms with Crippen molar-refractivity contribution in [2.75, 3.05) is 25.4 Å². The summed E-state index contributed by atoms with van der Waals surface area (Å²) in [5.74, 6) is -0.620. The summed E-state index contributed by atoms with van der Waals surface area (Å²) in [6.07, 6.45) is -7.78. The number of hydrogen-bond donors (Lipinski definition) is 2. The molecule has 0 saturated carbocycles. The molecule has 0 radical (unpaired) electrons. The number of guanidine groups is 1. The average molecular weight is 1100 g/mol. The first-order valence-electron chi connectivity index (χ1n) is 17.6. The number of anilines is 1. The largest absolute Gasteiger partial charge is 0.604 e. The molecule has 352 valence electrons. The first kappa shape index (κ1) is 53.4. The fourth-order valence-electron chi connectivity index (χ4n) is 5.65. The fourth-order valence-corrected chi connectivity index (χ4v) is 8.02. The Bertz CT molecular complexity index is 2650. The van der Waals surface area contributed by atoms with E-state index in [-0.39, 0.29) is 35.0 Å². The molecule has 0 spiro atoms. The summed E-state index contributed by atoms with van der Waals surface area (Å²) in [7, 11) is 0. The van der Waals surface area contributed by atoms with Crippen LogP contribution in [0.4, 0.5) is 45.3 Å². The van der Waals surface area contributed by atoms with Crippen molar-refractivity contribution in [1.29, 1.82) is 10.5 Å². The van der Waals surface area contributed by atoms with Crippen molar-refractivity contribution < 1.29 is 53.8 Å². The van der Waals surface area contributed by atoms with E-state index in [1.807, 2.05) is 12.1 Å². The highest BCUT2D eigenvalue weighted by Crippen LogP contribution is 2.44. The number of nitrogen functional groups attached to an aromatic ring is 1.